The highest BCUT2D eigenvalue weighted by Gasteiger charge is 2.24. The number of halogens is 1. The molecule has 0 spiro atoms. The number of thiophene rings is 2. The lowest BCUT2D eigenvalue weighted by molar-refractivity contribution is -0.143. The molecule has 5 nitrogen and oxygen atoms in total. The molecular formula is C32H34ClNO4S2. The Morgan fingerprint density at radius 2 is 1.32 bits per heavy atom. The van der Waals surface area contributed by atoms with Gasteiger partial charge in [-0.2, -0.15) is 0 Å². The Hall–Kier alpha value is -3.10. The molecular weight excluding hydrogens is 562 g/mol. The van der Waals surface area contributed by atoms with Gasteiger partial charge >= 0.3 is 5.97 Å². The summed E-state index contributed by atoms with van der Waals surface area (Å²) >= 11 is 3.48. The summed E-state index contributed by atoms with van der Waals surface area (Å²) in [5, 5.41) is 13.6. The number of rotatable bonds is 12. The molecule has 0 aliphatic carbocycles. The van der Waals surface area contributed by atoms with Crippen molar-refractivity contribution < 1.29 is 19.4 Å². The lowest BCUT2D eigenvalue weighted by Crippen LogP contribution is -2.36. The first-order valence-corrected chi connectivity index (χ1v) is 15.1. The number of carbonyl (C=O) groups is 1. The molecule has 8 heteroatoms. The minimum atomic E-state index is -0.664. The molecule has 5 rings (SSSR count). The van der Waals surface area contributed by atoms with Crippen LogP contribution in [0.5, 0.6) is 11.5 Å². The number of piperidine rings is 1. The van der Waals surface area contributed by atoms with Crippen LogP contribution in [0, 0.1) is 5.92 Å². The molecule has 210 valence electrons. The summed E-state index contributed by atoms with van der Waals surface area (Å²) in [5.74, 6) is 0.850. The van der Waals surface area contributed by atoms with Crippen LogP contribution in [0.15, 0.2) is 89.6 Å². The largest absolute Gasteiger partial charge is 0.489 e. The van der Waals surface area contributed by atoms with E-state index in [-0.39, 0.29) is 18.3 Å². The van der Waals surface area contributed by atoms with Gasteiger partial charge in [-0.3, -0.25) is 4.79 Å². The first-order chi connectivity index (χ1) is 19.2. The maximum absolute atomic E-state index is 11.3. The van der Waals surface area contributed by atoms with Gasteiger partial charge in [0, 0.05) is 33.0 Å². The maximum atomic E-state index is 11.3. The van der Waals surface area contributed by atoms with Crippen molar-refractivity contribution in [3.63, 3.8) is 0 Å². The molecule has 4 aromatic rings. The summed E-state index contributed by atoms with van der Waals surface area (Å²) in [5.41, 5.74) is 3.56. The van der Waals surface area contributed by atoms with E-state index in [0.29, 0.717) is 13.2 Å². The van der Waals surface area contributed by atoms with Crippen molar-refractivity contribution in [3.05, 3.63) is 111 Å². The Labute approximate surface area is 250 Å². The van der Waals surface area contributed by atoms with Crippen LogP contribution < -0.4 is 9.47 Å². The number of aliphatic carboxylic acids is 1. The fourth-order valence-electron chi connectivity index (χ4n) is 4.81. The predicted octanol–water partition coefficient (Wildman–Crippen LogP) is 8.01. The number of hydrogen-bond acceptors (Lipinski definition) is 6. The molecule has 0 bridgehead atoms. The summed E-state index contributed by atoms with van der Waals surface area (Å²) in [6.45, 7) is 3.60. The first-order valence-electron chi connectivity index (χ1n) is 13.3. The van der Waals surface area contributed by atoms with Gasteiger partial charge in [-0.15, -0.1) is 35.1 Å². The third kappa shape index (κ3) is 7.98. The zero-order valence-corrected chi connectivity index (χ0v) is 24.7. The van der Waals surface area contributed by atoms with E-state index in [1.165, 1.54) is 26.5 Å². The lowest BCUT2D eigenvalue weighted by Gasteiger charge is -2.29. The second kappa shape index (κ2) is 15.1. The number of likely N-dealkylation sites (tertiary alicyclic amines) is 1. The van der Waals surface area contributed by atoms with E-state index in [1.54, 1.807) is 22.7 Å². The predicted molar refractivity (Wildman–Crippen MR) is 166 cm³/mol. The van der Waals surface area contributed by atoms with Crippen LogP contribution in [0.1, 0.15) is 40.1 Å². The molecule has 2 aromatic heterocycles. The molecule has 1 aliphatic rings. The first kappa shape index (κ1) is 29.9. The molecule has 1 N–H and O–H groups in total. The van der Waals surface area contributed by atoms with Gasteiger partial charge in [0.25, 0.3) is 0 Å². The van der Waals surface area contributed by atoms with Crippen LogP contribution in [0.4, 0.5) is 0 Å². The van der Waals surface area contributed by atoms with Crippen molar-refractivity contribution in [2.24, 2.45) is 5.92 Å². The highest BCUT2D eigenvalue weighted by molar-refractivity contribution is 7.14. The SMILES string of the molecule is Cl.O=C(O)C1CCN(CCC=C(c2sccc2COc2ccccc2)c2sccc2COc2ccccc2)CC1. The zero-order valence-electron chi connectivity index (χ0n) is 22.2. The summed E-state index contributed by atoms with van der Waals surface area (Å²) in [6.07, 6.45) is 4.69. The molecule has 1 fully saturated rings. The van der Waals surface area contributed by atoms with Crippen LogP contribution in [0.3, 0.4) is 0 Å². The van der Waals surface area contributed by atoms with Gasteiger partial charge < -0.3 is 19.5 Å². The average molecular weight is 596 g/mol. The van der Waals surface area contributed by atoms with E-state index in [0.717, 1.165) is 50.4 Å². The third-order valence-electron chi connectivity index (χ3n) is 6.99. The molecule has 0 saturated carbocycles. The minimum Gasteiger partial charge on any atom is -0.489 e. The molecule has 0 amide bonds. The molecule has 0 unspecified atom stereocenters. The number of carboxylic acids is 1. The van der Waals surface area contributed by atoms with Crippen molar-refractivity contribution >= 4 is 46.6 Å². The van der Waals surface area contributed by atoms with E-state index >= 15 is 0 Å². The molecule has 0 atom stereocenters. The number of para-hydroxylation sites is 2. The molecule has 1 aliphatic heterocycles. The number of hydrogen-bond donors (Lipinski definition) is 1. The smallest absolute Gasteiger partial charge is 0.306 e. The maximum Gasteiger partial charge on any atom is 0.306 e. The van der Waals surface area contributed by atoms with Crippen LogP contribution in [0.25, 0.3) is 5.57 Å². The van der Waals surface area contributed by atoms with Gasteiger partial charge in [0.1, 0.15) is 24.7 Å². The standard InChI is InChI=1S/C32H33NO4S2.ClH/c34-32(35)24-13-18-33(19-14-24)17-7-12-29(30-25(15-20-38-30)22-36-27-8-3-1-4-9-27)31-26(16-21-39-31)23-37-28-10-5-2-6-11-28;/h1-6,8-12,15-16,20-21,24H,7,13-14,17-19,22-23H2,(H,34,35);1H. The number of nitrogens with zero attached hydrogens (tertiary/aromatic N) is 1. The van der Waals surface area contributed by atoms with E-state index in [1.807, 2.05) is 60.7 Å². The minimum absolute atomic E-state index is 0. The normalized spacial score (nSPS) is 13.8. The van der Waals surface area contributed by atoms with Crippen molar-refractivity contribution in [2.75, 3.05) is 19.6 Å². The second-order valence-electron chi connectivity index (χ2n) is 9.61. The fraction of sp³-hybridized carbons (Fsp3) is 0.281. The second-order valence-corrected chi connectivity index (χ2v) is 11.4. The van der Waals surface area contributed by atoms with E-state index in [4.69, 9.17) is 9.47 Å². The Morgan fingerprint density at radius 1 is 0.825 bits per heavy atom. The topological polar surface area (TPSA) is 59.0 Å². The fourth-order valence-corrected chi connectivity index (χ4v) is 6.79. The average Bonchev–Trinajstić information content (AvgIpc) is 3.64. The Kier molecular flexibility index (Phi) is 11.2. The quantitative estimate of drug-likeness (QED) is 0.180. The van der Waals surface area contributed by atoms with Crippen molar-refractivity contribution in [1.29, 1.82) is 0 Å². The van der Waals surface area contributed by atoms with Crippen LogP contribution in [0.2, 0.25) is 0 Å². The zero-order chi connectivity index (χ0) is 26.9. The Bertz CT molecular complexity index is 1280. The lowest BCUT2D eigenvalue weighted by atomic mass is 9.97. The van der Waals surface area contributed by atoms with Gasteiger partial charge in [0.15, 0.2) is 0 Å². The van der Waals surface area contributed by atoms with E-state index in [2.05, 4.69) is 33.9 Å². The van der Waals surface area contributed by atoms with Gasteiger partial charge in [-0.25, -0.2) is 0 Å². The van der Waals surface area contributed by atoms with Crippen LogP contribution >= 0.6 is 35.1 Å². The van der Waals surface area contributed by atoms with Gasteiger partial charge in [-0.05, 0) is 79.5 Å². The third-order valence-corrected chi connectivity index (χ3v) is 8.97. The summed E-state index contributed by atoms with van der Waals surface area (Å²) in [7, 11) is 0. The van der Waals surface area contributed by atoms with E-state index in [9.17, 15) is 9.90 Å². The Balaban J connectivity index is 0.00000370. The number of ether oxygens (including phenoxy) is 2. The van der Waals surface area contributed by atoms with Crippen molar-refractivity contribution in [3.8, 4) is 11.5 Å². The number of carboxylic acid groups (broad SMARTS) is 1. The molecule has 40 heavy (non-hydrogen) atoms. The molecule has 0 radical (unpaired) electrons. The number of benzene rings is 2. The van der Waals surface area contributed by atoms with Gasteiger partial charge in [0.2, 0.25) is 0 Å². The molecule has 1 saturated heterocycles. The monoisotopic (exact) mass is 595 g/mol. The molecule has 3 heterocycles. The molecule has 2 aromatic carbocycles. The van der Waals surface area contributed by atoms with Crippen molar-refractivity contribution in [1.82, 2.24) is 4.90 Å². The van der Waals surface area contributed by atoms with Crippen LogP contribution in [-0.2, 0) is 18.0 Å². The summed E-state index contributed by atoms with van der Waals surface area (Å²) < 4.78 is 12.3. The van der Waals surface area contributed by atoms with E-state index < -0.39 is 5.97 Å². The highest BCUT2D eigenvalue weighted by atomic mass is 35.5. The van der Waals surface area contributed by atoms with Crippen molar-refractivity contribution in [2.45, 2.75) is 32.5 Å². The summed E-state index contributed by atoms with van der Waals surface area (Å²) in [4.78, 5) is 16.2. The van der Waals surface area contributed by atoms with Gasteiger partial charge in [-0.1, -0.05) is 42.5 Å². The van der Waals surface area contributed by atoms with Gasteiger partial charge in [0.05, 0.1) is 5.92 Å². The summed E-state index contributed by atoms with van der Waals surface area (Å²) in [6, 6.07) is 24.2. The Morgan fingerprint density at radius 3 is 1.80 bits per heavy atom. The van der Waals surface area contributed by atoms with Crippen LogP contribution in [-0.4, -0.2) is 35.6 Å². The highest BCUT2D eigenvalue weighted by Crippen LogP contribution is 2.37.